The molecule has 0 spiro atoms. The molecular weight excluding hydrogens is 428 g/mol. The fraction of sp³-hybridized carbons (Fsp3) is 0.318. The van der Waals surface area contributed by atoms with Gasteiger partial charge in [0.05, 0.1) is 6.07 Å². The van der Waals surface area contributed by atoms with Gasteiger partial charge in [0.1, 0.15) is 20.7 Å². The number of amides is 2. The lowest BCUT2D eigenvalue weighted by molar-refractivity contribution is -0.119. The quantitative estimate of drug-likeness (QED) is 0.571. The minimum Gasteiger partial charge on any atom is -0.360 e. The molecule has 3 rings (SSSR count). The lowest BCUT2D eigenvalue weighted by Crippen LogP contribution is -2.34. The third-order valence-corrected chi connectivity index (χ3v) is 6.13. The molecule has 1 aliphatic carbocycles. The van der Waals surface area contributed by atoms with Crippen molar-refractivity contribution in [2.24, 2.45) is 5.41 Å². The molecule has 0 radical (unpaired) electrons. The highest BCUT2D eigenvalue weighted by molar-refractivity contribution is 7.07. The maximum absolute atomic E-state index is 12.8. The maximum atomic E-state index is 12.8. The van der Waals surface area contributed by atoms with Gasteiger partial charge in [0.15, 0.2) is 5.57 Å². The number of aromatic nitrogens is 1. The summed E-state index contributed by atoms with van der Waals surface area (Å²) in [7, 11) is 0. The van der Waals surface area contributed by atoms with Gasteiger partial charge >= 0.3 is 0 Å². The Bertz CT molecular complexity index is 1320. The predicted molar refractivity (Wildman–Crippen MR) is 122 cm³/mol. The molecular formula is C22H22N6O3S. The van der Waals surface area contributed by atoms with Crippen molar-refractivity contribution in [1.29, 1.82) is 10.5 Å². The van der Waals surface area contributed by atoms with Gasteiger partial charge in [-0.3, -0.25) is 19.0 Å². The van der Waals surface area contributed by atoms with Gasteiger partial charge in [-0.25, -0.2) is 0 Å². The predicted octanol–water partition coefficient (Wildman–Crippen LogP) is 0.832. The van der Waals surface area contributed by atoms with E-state index in [0.29, 0.717) is 46.5 Å². The number of nitriles is 2. The maximum Gasteiger partial charge on any atom is 0.270 e. The van der Waals surface area contributed by atoms with E-state index in [1.807, 2.05) is 6.07 Å². The van der Waals surface area contributed by atoms with Gasteiger partial charge < -0.3 is 16.0 Å². The Morgan fingerprint density at radius 3 is 2.56 bits per heavy atom. The lowest BCUT2D eigenvalue weighted by atomic mass is 10.1. The van der Waals surface area contributed by atoms with Gasteiger partial charge in [-0.05, 0) is 44.9 Å². The number of anilines is 2. The van der Waals surface area contributed by atoms with Crippen LogP contribution in [0.15, 0.2) is 29.1 Å². The van der Waals surface area contributed by atoms with Crippen LogP contribution < -0.4 is 30.7 Å². The Balaban J connectivity index is 1.91. The van der Waals surface area contributed by atoms with Crippen LogP contribution >= 0.6 is 11.3 Å². The van der Waals surface area contributed by atoms with E-state index in [2.05, 4.69) is 22.0 Å². The van der Waals surface area contributed by atoms with E-state index in [1.54, 1.807) is 38.1 Å². The topological polar surface area (TPSA) is 140 Å². The zero-order valence-electron chi connectivity index (χ0n) is 17.7. The second kappa shape index (κ2) is 9.50. The smallest absolute Gasteiger partial charge is 0.270 e. The summed E-state index contributed by atoms with van der Waals surface area (Å²) in [5.74, 6) is -0.841. The largest absolute Gasteiger partial charge is 0.360 e. The first-order chi connectivity index (χ1) is 15.4. The molecule has 32 heavy (non-hydrogen) atoms. The summed E-state index contributed by atoms with van der Waals surface area (Å²) in [4.78, 5) is 37.2. The van der Waals surface area contributed by atoms with Gasteiger partial charge in [-0.15, -0.1) is 11.3 Å². The normalized spacial score (nSPS) is 15.2. The average Bonchev–Trinajstić information content (AvgIpc) is 3.53. The summed E-state index contributed by atoms with van der Waals surface area (Å²) in [6.45, 7) is 4.19. The second-order valence-corrected chi connectivity index (χ2v) is 8.22. The number of nitrogens with zero attached hydrogens (tertiary/aromatic N) is 3. The number of nitrogens with one attached hydrogen (secondary N) is 3. The molecule has 0 aliphatic heterocycles. The number of rotatable bonds is 7. The Kier molecular flexibility index (Phi) is 6.76. The monoisotopic (exact) mass is 450 g/mol. The minimum atomic E-state index is -0.923. The highest BCUT2D eigenvalue weighted by Gasteiger charge is 2.50. The molecule has 1 aromatic carbocycles. The fourth-order valence-electron chi connectivity index (χ4n) is 3.04. The van der Waals surface area contributed by atoms with Gasteiger partial charge in [-0.2, -0.15) is 10.5 Å². The van der Waals surface area contributed by atoms with Crippen molar-refractivity contribution in [3.05, 3.63) is 43.8 Å². The van der Waals surface area contributed by atoms with E-state index in [0.717, 1.165) is 11.3 Å². The molecule has 1 aromatic heterocycles. The number of benzene rings is 1. The molecule has 9 nitrogen and oxygen atoms in total. The summed E-state index contributed by atoms with van der Waals surface area (Å²) in [6.07, 6.45) is 2.63. The number of carbonyl (C=O) groups excluding carboxylic acids is 2. The van der Waals surface area contributed by atoms with E-state index in [-0.39, 0.29) is 17.0 Å². The molecule has 0 unspecified atom stereocenters. The molecule has 0 bridgehead atoms. The fourth-order valence-corrected chi connectivity index (χ4v) is 4.12. The Morgan fingerprint density at radius 2 is 1.97 bits per heavy atom. The first-order valence-electron chi connectivity index (χ1n) is 10.1. The molecule has 1 aliphatic rings. The van der Waals surface area contributed by atoms with Crippen LogP contribution in [0.25, 0.3) is 11.8 Å². The number of thiazole rings is 1. The number of hydrogen-bond donors (Lipinski definition) is 3. The standard InChI is InChI=1S/C22H22N6O3S/c1-3-25-18(29)16(11-23)20-28(4-2)19(30)17(32-20)12-26-14-6-5-7-15(10-14)27-21(31)22(13-24)8-9-22/h5-7,10,12,26H,3-4,8-9H2,1-2H3,(H,25,29)(H,27,31)/b17-12+,20-16-. The molecule has 1 saturated carbocycles. The Labute approximate surface area is 188 Å². The summed E-state index contributed by atoms with van der Waals surface area (Å²) < 4.78 is 2.01. The minimum absolute atomic E-state index is 0.105. The highest BCUT2D eigenvalue weighted by Crippen LogP contribution is 2.45. The van der Waals surface area contributed by atoms with Crippen molar-refractivity contribution in [1.82, 2.24) is 9.88 Å². The zero-order valence-corrected chi connectivity index (χ0v) is 18.5. The van der Waals surface area contributed by atoms with Crippen molar-refractivity contribution < 1.29 is 9.59 Å². The lowest BCUT2D eigenvalue weighted by Gasteiger charge is -2.09. The molecule has 3 N–H and O–H groups in total. The van der Waals surface area contributed by atoms with E-state index < -0.39 is 11.3 Å². The van der Waals surface area contributed by atoms with Crippen molar-refractivity contribution in [3.63, 3.8) is 0 Å². The first kappa shape index (κ1) is 22.8. The van der Waals surface area contributed by atoms with Crippen LogP contribution in [0, 0.1) is 28.1 Å². The summed E-state index contributed by atoms with van der Waals surface area (Å²) in [5.41, 5.74) is -0.190. The van der Waals surface area contributed by atoms with Crippen LogP contribution in [0.4, 0.5) is 11.4 Å². The highest BCUT2D eigenvalue weighted by atomic mass is 32.1. The summed E-state index contributed by atoms with van der Waals surface area (Å²) in [5, 5.41) is 27.0. The Hall–Kier alpha value is -3.89. The van der Waals surface area contributed by atoms with Gasteiger partial charge in [0.2, 0.25) is 5.91 Å². The van der Waals surface area contributed by atoms with Gasteiger partial charge in [0.25, 0.3) is 11.5 Å². The van der Waals surface area contributed by atoms with Crippen LogP contribution in [0.1, 0.15) is 26.7 Å². The summed E-state index contributed by atoms with van der Waals surface area (Å²) >= 11 is 1.05. The Morgan fingerprint density at radius 1 is 1.25 bits per heavy atom. The van der Waals surface area contributed by atoms with Gasteiger partial charge in [0, 0.05) is 30.7 Å². The zero-order chi connectivity index (χ0) is 23.3. The van der Waals surface area contributed by atoms with Crippen LogP contribution in [-0.2, 0) is 16.1 Å². The van der Waals surface area contributed by atoms with Crippen molar-refractivity contribution in [3.8, 4) is 12.1 Å². The van der Waals surface area contributed by atoms with E-state index in [1.165, 1.54) is 10.8 Å². The van der Waals surface area contributed by atoms with Crippen LogP contribution in [0.5, 0.6) is 0 Å². The van der Waals surface area contributed by atoms with Crippen molar-refractivity contribution >= 4 is 46.3 Å². The number of carbonyl (C=O) groups is 2. The molecule has 1 fully saturated rings. The molecule has 0 saturated heterocycles. The van der Waals surface area contributed by atoms with E-state index in [9.17, 15) is 19.6 Å². The molecule has 164 valence electrons. The first-order valence-corrected chi connectivity index (χ1v) is 10.9. The van der Waals surface area contributed by atoms with Crippen LogP contribution in [0.2, 0.25) is 0 Å². The van der Waals surface area contributed by atoms with Gasteiger partial charge in [-0.1, -0.05) is 6.07 Å². The van der Waals surface area contributed by atoms with Crippen LogP contribution in [-0.4, -0.2) is 22.9 Å². The summed E-state index contributed by atoms with van der Waals surface area (Å²) in [6, 6.07) is 10.9. The van der Waals surface area contributed by atoms with E-state index >= 15 is 0 Å². The third-order valence-electron chi connectivity index (χ3n) is 5.00. The SMILES string of the molecule is CCNC(=O)/C(C#N)=c1\s/c(=C/Nc2cccc(NC(=O)C3(C#N)CC3)c2)c(=O)n1CC. The van der Waals surface area contributed by atoms with Crippen LogP contribution in [0.3, 0.4) is 0 Å². The molecule has 2 amide bonds. The number of hydrogen-bond acceptors (Lipinski definition) is 7. The average molecular weight is 451 g/mol. The third kappa shape index (κ3) is 4.56. The molecule has 1 heterocycles. The van der Waals surface area contributed by atoms with Crippen molar-refractivity contribution in [2.75, 3.05) is 17.2 Å². The molecule has 10 heteroatoms. The molecule has 0 atom stereocenters. The molecule has 2 aromatic rings. The van der Waals surface area contributed by atoms with E-state index in [4.69, 9.17) is 5.26 Å². The van der Waals surface area contributed by atoms with Crippen molar-refractivity contribution in [2.45, 2.75) is 33.2 Å². The second-order valence-electron chi connectivity index (χ2n) is 7.18.